The van der Waals surface area contributed by atoms with Crippen LogP contribution in [-0.4, -0.2) is 41.1 Å². The van der Waals surface area contributed by atoms with E-state index in [1.165, 1.54) is 0 Å². The van der Waals surface area contributed by atoms with Crippen molar-refractivity contribution in [3.8, 4) is 0 Å². The number of aliphatic hydroxyl groups is 1. The van der Waals surface area contributed by atoms with E-state index < -0.39 is 12.1 Å². The van der Waals surface area contributed by atoms with Crippen LogP contribution in [0, 0.1) is 11.8 Å². The molecule has 94 valence electrons. The molecule has 3 N–H and O–H groups in total. The maximum atomic E-state index is 12.0. The van der Waals surface area contributed by atoms with Crippen molar-refractivity contribution in [1.29, 1.82) is 0 Å². The van der Waals surface area contributed by atoms with E-state index in [1.54, 1.807) is 4.90 Å². The molecule has 1 rings (SSSR count). The first-order chi connectivity index (χ1) is 7.47. The molecular formula is C12H24N2O2. The van der Waals surface area contributed by atoms with E-state index in [2.05, 4.69) is 0 Å². The second-order valence-corrected chi connectivity index (χ2v) is 5.03. The summed E-state index contributed by atoms with van der Waals surface area (Å²) in [6.45, 7) is 7.20. The predicted molar refractivity (Wildman–Crippen MR) is 63.8 cm³/mol. The second kappa shape index (κ2) is 5.64. The Kier molecular flexibility index (Phi) is 4.74. The minimum Gasteiger partial charge on any atom is -0.391 e. The number of carbonyl (C=O) groups excluding carboxylic acids is 1. The van der Waals surface area contributed by atoms with E-state index in [9.17, 15) is 9.90 Å². The Balaban J connectivity index is 2.55. The van der Waals surface area contributed by atoms with Gasteiger partial charge in [0.2, 0.25) is 5.91 Å². The molecule has 0 aliphatic carbocycles. The van der Waals surface area contributed by atoms with Crippen molar-refractivity contribution in [1.82, 2.24) is 4.90 Å². The van der Waals surface area contributed by atoms with Gasteiger partial charge in [-0.1, -0.05) is 27.2 Å². The Bertz CT molecular complexity index is 245. The molecule has 0 aromatic rings. The fourth-order valence-corrected chi connectivity index (χ4v) is 1.96. The predicted octanol–water partition coefficient (Wildman–Crippen LogP) is 0.589. The van der Waals surface area contributed by atoms with Gasteiger partial charge in [0.25, 0.3) is 0 Å². The molecule has 1 saturated heterocycles. The summed E-state index contributed by atoms with van der Waals surface area (Å²) in [6.07, 6.45) is 1.36. The number of piperidine rings is 1. The highest BCUT2D eigenvalue weighted by Gasteiger charge is 2.31. The van der Waals surface area contributed by atoms with Gasteiger partial charge in [0.05, 0.1) is 12.1 Å². The number of likely N-dealkylation sites (tertiary alicyclic amines) is 1. The average Bonchev–Trinajstić information content (AvgIpc) is 2.29. The summed E-state index contributed by atoms with van der Waals surface area (Å²) >= 11 is 0. The first-order valence-corrected chi connectivity index (χ1v) is 6.19. The number of hydrogen-bond acceptors (Lipinski definition) is 3. The molecule has 0 aromatic carbocycles. The zero-order valence-corrected chi connectivity index (χ0v) is 10.5. The summed E-state index contributed by atoms with van der Waals surface area (Å²) in [6, 6.07) is -0.425. The first kappa shape index (κ1) is 13.5. The van der Waals surface area contributed by atoms with Gasteiger partial charge in [-0.25, -0.2) is 0 Å². The smallest absolute Gasteiger partial charge is 0.239 e. The van der Waals surface area contributed by atoms with Crippen molar-refractivity contribution in [3.05, 3.63) is 0 Å². The molecule has 1 aliphatic heterocycles. The minimum absolute atomic E-state index is 0.0136. The highest BCUT2D eigenvalue weighted by Crippen LogP contribution is 2.18. The van der Waals surface area contributed by atoms with Crippen LogP contribution in [0.5, 0.6) is 0 Å². The Morgan fingerprint density at radius 2 is 2.25 bits per heavy atom. The van der Waals surface area contributed by atoms with Gasteiger partial charge in [-0.3, -0.25) is 4.79 Å². The summed E-state index contributed by atoms with van der Waals surface area (Å²) < 4.78 is 0. The third-order valence-electron chi connectivity index (χ3n) is 3.77. The summed E-state index contributed by atoms with van der Waals surface area (Å²) in [5.74, 6) is 0.466. The lowest BCUT2D eigenvalue weighted by molar-refractivity contribution is -0.138. The van der Waals surface area contributed by atoms with E-state index in [0.29, 0.717) is 6.54 Å². The van der Waals surface area contributed by atoms with Crippen LogP contribution in [0.15, 0.2) is 0 Å². The van der Waals surface area contributed by atoms with Crippen molar-refractivity contribution in [2.75, 3.05) is 13.1 Å². The number of rotatable bonds is 3. The van der Waals surface area contributed by atoms with Crippen LogP contribution < -0.4 is 5.73 Å². The number of aliphatic hydroxyl groups excluding tert-OH is 1. The van der Waals surface area contributed by atoms with Crippen molar-refractivity contribution >= 4 is 5.91 Å². The zero-order chi connectivity index (χ0) is 12.3. The van der Waals surface area contributed by atoms with Gasteiger partial charge >= 0.3 is 0 Å². The van der Waals surface area contributed by atoms with Crippen LogP contribution in [0.2, 0.25) is 0 Å². The second-order valence-electron chi connectivity index (χ2n) is 5.03. The maximum Gasteiger partial charge on any atom is 0.239 e. The van der Waals surface area contributed by atoms with Crippen LogP contribution in [0.1, 0.15) is 33.6 Å². The molecule has 1 amide bonds. The minimum atomic E-state index is -0.425. The number of carbonyl (C=O) groups is 1. The standard InChI is InChI=1S/C12H24N2O2/c1-4-8(2)11(13)12(16)14-6-5-9(3)10(15)7-14/h8-11,15H,4-7,13H2,1-3H3. The third kappa shape index (κ3) is 2.95. The molecule has 1 aliphatic rings. The van der Waals surface area contributed by atoms with E-state index in [-0.39, 0.29) is 17.7 Å². The SMILES string of the molecule is CCC(C)C(N)C(=O)N1CCC(C)C(O)C1. The fraction of sp³-hybridized carbons (Fsp3) is 0.917. The molecule has 4 nitrogen and oxygen atoms in total. The lowest BCUT2D eigenvalue weighted by Crippen LogP contribution is -2.53. The Labute approximate surface area is 97.8 Å². The van der Waals surface area contributed by atoms with Gasteiger partial charge in [-0.2, -0.15) is 0 Å². The highest BCUT2D eigenvalue weighted by atomic mass is 16.3. The summed E-state index contributed by atoms with van der Waals surface area (Å²) in [7, 11) is 0. The topological polar surface area (TPSA) is 66.6 Å². The number of amides is 1. The van der Waals surface area contributed by atoms with E-state index in [0.717, 1.165) is 19.4 Å². The number of nitrogens with zero attached hydrogens (tertiary/aromatic N) is 1. The lowest BCUT2D eigenvalue weighted by Gasteiger charge is -2.36. The third-order valence-corrected chi connectivity index (χ3v) is 3.77. The average molecular weight is 228 g/mol. The molecule has 0 bridgehead atoms. The first-order valence-electron chi connectivity index (χ1n) is 6.19. The number of nitrogens with two attached hydrogens (primary N) is 1. The molecule has 1 heterocycles. The molecule has 1 fully saturated rings. The van der Waals surface area contributed by atoms with E-state index in [4.69, 9.17) is 5.73 Å². The molecular weight excluding hydrogens is 204 g/mol. The zero-order valence-electron chi connectivity index (χ0n) is 10.5. The quantitative estimate of drug-likeness (QED) is 0.743. The molecule has 4 unspecified atom stereocenters. The van der Waals surface area contributed by atoms with Crippen LogP contribution >= 0.6 is 0 Å². The Morgan fingerprint density at radius 1 is 1.62 bits per heavy atom. The fourth-order valence-electron chi connectivity index (χ4n) is 1.96. The van der Waals surface area contributed by atoms with Crippen molar-refractivity contribution in [2.24, 2.45) is 17.6 Å². The van der Waals surface area contributed by atoms with Crippen LogP contribution in [0.25, 0.3) is 0 Å². The monoisotopic (exact) mass is 228 g/mol. The van der Waals surface area contributed by atoms with E-state index >= 15 is 0 Å². The molecule has 0 aromatic heterocycles. The van der Waals surface area contributed by atoms with Crippen molar-refractivity contribution in [2.45, 2.75) is 45.8 Å². The highest BCUT2D eigenvalue weighted by molar-refractivity contribution is 5.82. The summed E-state index contributed by atoms with van der Waals surface area (Å²) in [4.78, 5) is 13.8. The van der Waals surface area contributed by atoms with Crippen molar-refractivity contribution < 1.29 is 9.90 Å². The van der Waals surface area contributed by atoms with Crippen LogP contribution in [0.3, 0.4) is 0 Å². The van der Waals surface area contributed by atoms with Gasteiger partial charge in [-0.05, 0) is 18.3 Å². The largest absolute Gasteiger partial charge is 0.391 e. The normalized spacial score (nSPS) is 29.9. The van der Waals surface area contributed by atoms with Gasteiger partial charge in [0, 0.05) is 13.1 Å². The van der Waals surface area contributed by atoms with Crippen LogP contribution in [0.4, 0.5) is 0 Å². The van der Waals surface area contributed by atoms with Crippen LogP contribution in [-0.2, 0) is 4.79 Å². The van der Waals surface area contributed by atoms with Gasteiger partial charge in [0.1, 0.15) is 0 Å². The molecule has 0 radical (unpaired) electrons. The molecule has 16 heavy (non-hydrogen) atoms. The molecule has 0 saturated carbocycles. The van der Waals surface area contributed by atoms with Gasteiger partial charge in [-0.15, -0.1) is 0 Å². The number of β-amino-alcohol motifs (C(OH)–C–C–N with tert-alkyl or cyclic N) is 1. The Morgan fingerprint density at radius 3 is 2.75 bits per heavy atom. The van der Waals surface area contributed by atoms with Gasteiger partial charge < -0.3 is 15.7 Å². The van der Waals surface area contributed by atoms with Gasteiger partial charge in [0.15, 0.2) is 0 Å². The molecule has 4 atom stereocenters. The Hall–Kier alpha value is -0.610. The maximum absolute atomic E-state index is 12.0. The summed E-state index contributed by atoms with van der Waals surface area (Å²) in [5, 5.41) is 9.74. The molecule has 0 spiro atoms. The number of hydrogen-bond donors (Lipinski definition) is 2. The van der Waals surface area contributed by atoms with E-state index in [1.807, 2.05) is 20.8 Å². The van der Waals surface area contributed by atoms with Crippen molar-refractivity contribution in [3.63, 3.8) is 0 Å². The molecule has 4 heteroatoms. The lowest BCUT2D eigenvalue weighted by atomic mass is 9.93. The summed E-state index contributed by atoms with van der Waals surface area (Å²) in [5.41, 5.74) is 5.91.